The molecule has 2 atom stereocenters. The van der Waals surface area contributed by atoms with Crippen LogP contribution in [-0.4, -0.2) is 17.5 Å². The van der Waals surface area contributed by atoms with Gasteiger partial charge in [0.25, 0.3) is 0 Å². The normalized spacial score (nSPS) is 21.7. The molecule has 1 aliphatic rings. The maximum atomic E-state index is 12.7. The summed E-state index contributed by atoms with van der Waals surface area (Å²) in [6, 6.07) is 4.18. The van der Waals surface area contributed by atoms with Crippen LogP contribution in [0.15, 0.2) is 24.3 Å². The third-order valence-electron chi connectivity index (χ3n) is 3.98. The first-order chi connectivity index (χ1) is 10.5. The van der Waals surface area contributed by atoms with Crippen molar-refractivity contribution in [1.29, 1.82) is 0 Å². The zero-order valence-electron chi connectivity index (χ0n) is 13.0. The number of cyclic esters (lactones) is 1. The number of ether oxygens (including phenoxy) is 1. The second-order valence-electron chi connectivity index (χ2n) is 6.19. The Labute approximate surface area is 132 Å². The maximum absolute atomic E-state index is 12.7. The minimum Gasteiger partial charge on any atom is -0.459 e. The van der Waals surface area contributed by atoms with E-state index >= 15 is 0 Å². The molecule has 0 saturated carbocycles. The van der Waals surface area contributed by atoms with E-state index in [1.54, 1.807) is 20.8 Å². The minimum absolute atomic E-state index is 0.0336. The molecule has 23 heavy (non-hydrogen) atoms. The van der Waals surface area contributed by atoms with Gasteiger partial charge in [-0.2, -0.15) is 13.2 Å². The van der Waals surface area contributed by atoms with Crippen molar-refractivity contribution in [3.05, 3.63) is 35.4 Å². The van der Waals surface area contributed by atoms with Gasteiger partial charge >= 0.3 is 12.1 Å². The summed E-state index contributed by atoms with van der Waals surface area (Å²) in [5.74, 6) is -1.53. The first-order valence-corrected chi connectivity index (χ1v) is 7.20. The third kappa shape index (κ3) is 3.83. The van der Waals surface area contributed by atoms with Gasteiger partial charge < -0.3 is 10.1 Å². The highest BCUT2D eigenvalue weighted by Crippen LogP contribution is 2.34. The molecule has 1 aromatic rings. The Balaban J connectivity index is 2.12. The van der Waals surface area contributed by atoms with Crippen LogP contribution in [0.4, 0.5) is 13.2 Å². The highest BCUT2D eigenvalue weighted by molar-refractivity contribution is 5.87. The molecule has 0 spiro atoms. The Bertz CT molecular complexity index is 625. The number of carbonyl (C=O) groups excluding carboxylic acids is 2. The first-order valence-electron chi connectivity index (χ1n) is 7.20. The smallest absolute Gasteiger partial charge is 0.416 e. The van der Waals surface area contributed by atoms with Crippen molar-refractivity contribution >= 4 is 11.9 Å². The topological polar surface area (TPSA) is 55.4 Å². The summed E-state index contributed by atoms with van der Waals surface area (Å²) in [7, 11) is 0. The Morgan fingerprint density at radius 1 is 1.39 bits per heavy atom. The van der Waals surface area contributed by atoms with Crippen molar-refractivity contribution in [2.75, 3.05) is 0 Å². The van der Waals surface area contributed by atoms with Gasteiger partial charge in [-0.05, 0) is 38.5 Å². The SMILES string of the molecule is CC(NC(=O)C1CC(=O)OC1(C)C)c1cccc(C(F)(F)F)c1. The number of benzene rings is 1. The average Bonchev–Trinajstić information content (AvgIpc) is 2.71. The van der Waals surface area contributed by atoms with Crippen molar-refractivity contribution in [2.45, 2.75) is 45.0 Å². The Kier molecular flexibility index (Phi) is 4.41. The van der Waals surface area contributed by atoms with Gasteiger partial charge in [-0.3, -0.25) is 9.59 Å². The zero-order chi connectivity index (χ0) is 17.4. The molecule has 0 aromatic heterocycles. The van der Waals surface area contributed by atoms with Crippen LogP contribution in [-0.2, 0) is 20.5 Å². The van der Waals surface area contributed by atoms with Crippen molar-refractivity contribution < 1.29 is 27.5 Å². The molecule has 1 fully saturated rings. The molecular formula is C16H18F3NO3. The number of nitrogens with one attached hydrogen (secondary N) is 1. The fraction of sp³-hybridized carbons (Fsp3) is 0.500. The predicted molar refractivity (Wildman–Crippen MR) is 76.3 cm³/mol. The van der Waals surface area contributed by atoms with Gasteiger partial charge in [0.05, 0.1) is 23.9 Å². The quantitative estimate of drug-likeness (QED) is 0.866. The Morgan fingerprint density at radius 2 is 2.04 bits per heavy atom. The molecule has 0 radical (unpaired) electrons. The van der Waals surface area contributed by atoms with Crippen LogP contribution in [0.5, 0.6) is 0 Å². The molecule has 1 saturated heterocycles. The molecule has 0 aliphatic carbocycles. The molecule has 0 bridgehead atoms. The molecule has 2 rings (SSSR count). The van der Waals surface area contributed by atoms with Gasteiger partial charge in [0.2, 0.25) is 5.91 Å². The van der Waals surface area contributed by atoms with Crippen LogP contribution < -0.4 is 5.32 Å². The van der Waals surface area contributed by atoms with Crippen molar-refractivity contribution in [3.63, 3.8) is 0 Å². The lowest BCUT2D eigenvalue weighted by Gasteiger charge is -2.25. The van der Waals surface area contributed by atoms with E-state index in [1.165, 1.54) is 12.1 Å². The lowest BCUT2D eigenvalue weighted by molar-refractivity contribution is -0.147. The monoisotopic (exact) mass is 329 g/mol. The highest BCUT2D eigenvalue weighted by Gasteiger charge is 2.46. The number of esters is 1. The second-order valence-corrected chi connectivity index (χ2v) is 6.19. The van der Waals surface area contributed by atoms with Crippen LogP contribution in [0, 0.1) is 5.92 Å². The number of rotatable bonds is 3. The summed E-state index contributed by atoms with van der Waals surface area (Å²) in [4.78, 5) is 23.7. The lowest BCUT2D eigenvalue weighted by atomic mass is 9.89. The predicted octanol–water partition coefficient (Wildman–Crippen LogP) is 3.22. The zero-order valence-corrected chi connectivity index (χ0v) is 13.0. The van der Waals surface area contributed by atoms with Gasteiger partial charge in [-0.25, -0.2) is 0 Å². The Hall–Kier alpha value is -2.05. The van der Waals surface area contributed by atoms with Crippen LogP contribution in [0.3, 0.4) is 0 Å². The van der Waals surface area contributed by atoms with Gasteiger partial charge in [0.15, 0.2) is 0 Å². The van der Waals surface area contributed by atoms with E-state index in [1.807, 2.05) is 0 Å². The van der Waals surface area contributed by atoms with Crippen molar-refractivity contribution in [1.82, 2.24) is 5.32 Å². The van der Waals surface area contributed by atoms with E-state index in [-0.39, 0.29) is 6.42 Å². The largest absolute Gasteiger partial charge is 0.459 e. The standard InChI is InChI=1S/C16H18F3NO3/c1-9(10-5-4-6-11(7-10)16(17,18)19)20-14(22)12-8-13(21)23-15(12,2)3/h4-7,9,12H,8H2,1-3H3,(H,20,22). The van der Waals surface area contributed by atoms with E-state index in [2.05, 4.69) is 5.32 Å². The molecule has 1 N–H and O–H groups in total. The van der Waals surface area contributed by atoms with Crippen molar-refractivity contribution in [3.8, 4) is 0 Å². The van der Waals surface area contributed by atoms with E-state index in [0.717, 1.165) is 12.1 Å². The maximum Gasteiger partial charge on any atom is 0.416 e. The number of carbonyl (C=O) groups is 2. The summed E-state index contributed by atoms with van der Waals surface area (Å²) in [6.45, 7) is 4.87. The van der Waals surface area contributed by atoms with E-state index < -0.39 is 41.2 Å². The summed E-state index contributed by atoms with van der Waals surface area (Å²) >= 11 is 0. The average molecular weight is 329 g/mol. The molecule has 2 unspecified atom stereocenters. The van der Waals surface area contributed by atoms with E-state index in [0.29, 0.717) is 5.56 Å². The molecular weight excluding hydrogens is 311 g/mol. The molecule has 1 amide bonds. The number of halogens is 3. The summed E-state index contributed by atoms with van der Waals surface area (Å²) < 4.78 is 43.3. The minimum atomic E-state index is -4.44. The lowest BCUT2D eigenvalue weighted by Crippen LogP contribution is -2.41. The Morgan fingerprint density at radius 3 is 2.57 bits per heavy atom. The van der Waals surface area contributed by atoms with Crippen LogP contribution in [0.2, 0.25) is 0 Å². The van der Waals surface area contributed by atoms with Crippen LogP contribution >= 0.6 is 0 Å². The van der Waals surface area contributed by atoms with Crippen LogP contribution in [0.25, 0.3) is 0 Å². The molecule has 1 aliphatic heterocycles. The van der Waals surface area contributed by atoms with E-state index in [9.17, 15) is 22.8 Å². The van der Waals surface area contributed by atoms with Crippen molar-refractivity contribution in [2.24, 2.45) is 5.92 Å². The number of amides is 1. The molecule has 1 heterocycles. The second kappa shape index (κ2) is 5.86. The molecule has 1 aromatic carbocycles. The molecule has 7 heteroatoms. The highest BCUT2D eigenvalue weighted by atomic mass is 19.4. The summed E-state index contributed by atoms with van der Waals surface area (Å²) in [5, 5.41) is 2.65. The van der Waals surface area contributed by atoms with Gasteiger partial charge in [-0.1, -0.05) is 12.1 Å². The number of hydrogen-bond donors (Lipinski definition) is 1. The van der Waals surface area contributed by atoms with Crippen LogP contribution in [0.1, 0.15) is 44.4 Å². The third-order valence-corrected chi connectivity index (χ3v) is 3.98. The number of alkyl halides is 3. The summed E-state index contributed by atoms with van der Waals surface area (Å²) in [5.41, 5.74) is -1.35. The molecule has 126 valence electrons. The molecule has 4 nitrogen and oxygen atoms in total. The van der Waals surface area contributed by atoms with Gasteiger partial charge in [0, 0.05) is 0 Å². The fourth-order valence-corrected chi connectivity index (χ4v) is 2.61. The fourth-order valence-electron chi connectivity index (χ4n) is 2.61. The first kappa shape index (κ1) is 17.3. The summed E-state index contributed by atoms with van der Waals surface area (Å²) in [6.07, 6.45) is -4.47. The number of hydrogen-bond acceptors (Lipinski definition) is 3. The van der Waals surface area contributed by atoms with Gasteiger partial charge in [-0.15, -0.1) is 0 Å². The van der Waals surface area contributed by atoms with Gasteiger partial charge in [0.1, 0.15) is 5.60 Å². The van der Waals surface area contributed by atoms with E-state index in [4.69, 9.17) is 4.74 Å².